The van der Waals surface area contributed by atoms with Crippen LogP contribution in [0.15, 0.2) is 97.1 Å². The summed E-state index contributed by atoms with van der Waals surface area (Å²) in [6.45, 7) is -14.8. The van der Waals surface area contributed by atoms with Crippen LogP contribution in [0.2, 0.25) is 0 Å². The summed E-state index contributed by atoms with van der Waals surface area (Å²) in [6, 6.07) is 24.0. The molecule has 2 aliphatic rings. The maximum atomic E-state index is 15.3. The normalized spacial score (nSPS) is 16.4. The lowest BCUT2D eigenvalue weighted by atomic mass is 10.1. The molecule has 0 fully saturated rings. The highest BCUT2D eigenvalue weighted by molar-refractivity contribution is 5.79. The van der Waals surface area contributed by atoms with E-state index in [9.17, 15) is 53.5 Å². The van der Waals surface area contributed by atoms with Gasteiger partial charge in [0.25, 0.3) is 0 Å². The predicted octanol–water partition coefficient (Wildman–Crippen LogP) is 8.97. The molecule has 0 bridgehead atoms. The highest BCUT2D eigenvalue weighted by atomic mass is 19.4. The van der Waals surface area contributed by atoms with Crippen LogP contribution in [-0.4, -0.2) is 189 Å². The molecule has 0 aromatic heterocycles. The first-order valence-corrected chi connectivity index (χ1v) is 24.8. The van der Waals surface area contributed by atoms with Gasteiger partial charge < -0.3 is 66.6 Å². The summed E-state index contributed by atoms with van der Waals surface area (Å²) in [7, 11) is 0. The molecular formula is C52H54F14N2O14. The van der Waals surface area contributed by atoms with E-state index in [1.165, 1.54) is 72.8 Å². The predicted molar refractivity (Wildman–Crippen MR) is 256 cm³/mol. The SMILES string of the molecule is O=C(COC1COc2ccccc2OCCOCCOc2ccccc2OC1)N(CCN(CC(F)(F)C(F)(F)C(F)(F)F)C(=O)COC1COc2ccccc2OCCOCCOc2ccccc2OC1)CC(F)(F)C(F)(F)C(F)(F)F. The monoisotopic (exact) mass is 1200 g/mol. The first-order valence-electron chi connectivity index (χ1n) is 24.8. The molecule has 4 aromatic carbocycles. The molecule has 454 valence electrons. The van der Waals surface area contributed by atoms with Gasteiger partial charge in [0.2, 0.25) is 11.8 Å². The zero-order valence-electron chi connectivity index (χ0n) is 43.0. The van der Waals surface area contributed by atoms with Gasteiger partial charge in [-0.1, -0.05) is 48.5 Å². The Balaban J connectivity index is 1.28. The maximum Gasteiger partial charge on any atom is 0.459 e. The third kappa shape index (κ3) is 17.8. The van der Waals surface area contributed by atoms with Crippen molar-refractivity contribution in [2.45, 2.75) is 48.3 Å². The number of hydrogen-bond acceptors (Lipinski definition) is 14. The molecule has 2 aliphatic heterocycles. The molecule has 0 N–H and O–H groups in total. The van der Waals surface area contributed by atoms with Crippen molar-refractivity contribution in [1.29, 1.82) is 0 Å². The minimum absolute atomic E-state index is 0.000459. The van der Waals surface area contributed by atoms with Crippen LogP contribution in [0.1, 0.15) is 0 Å². The van der Waals surface area contributed by atoms with Crippen molar-refractivity contribution < 1.29 is 128 Å². The third-order valence-corrected chi connectivity index (χ3v) is 11.7. The lowest BCUT2D eigenvalue weighted by Crippen LogP contribution is -2.60. The Morgan fingerprint density at radius 3 is 0.841 bits per heavy atom. The highest BCUT2D eigenvalue weighted by Crippen LogP contribution is 2.48. The Hall–Kier alpha value is -6.92. The summed E-state index contributed by atoms with van der Waals surface area (Å²) >= 11 is 0. The Labute approximate surface area is 458 Å². The number of carbonyl (C=O) groups is 2. The molecule has 0 spiro atoms. The molecule has 6 rings (SSSR count). The van der Waals surface area contributed by atoms with Crippen molar-refractivity contribution >= 4 is 11.8 Å². The summed E-state index contributed by atoms with van der Waals surface area (Å²) in [5.41, 5.74) is 0. The number of amides is 2. The number of hydrogen-bond donors (Lipinski definition) is 0. The van der Waals surface area contributed by atoms with E-state index in [4.69, 9.17) is 56.8 Å². The van der Waals surface area contributed by atoms with E-state index in [2.05, 4.69) is 0 Å². The van der Waals surface area contributed by atoms with E-state index < -0.39 is 136 Å². The van der Waals surface area contributed by atoms with Crippen LogP contribution in [0.4, 0.5) is 61.5 Å². The number of ether oxygens (including phenoxy) is 12. The number of benzene rings is 4. The Morgan fingerprint density at radius 1 is 0.378 bits per heavy atom. The number of rotatable bonds is 15. The number of nitrogens with zero attached hydrogens (tertiary/aromatic N) is 2. The van der Waals surface area contributed by atoms with Crippen LogP contribution >= 0.6 is 0 Å². The molecule has 0 atom stereocenters. The minimum Gasteiger partial charge on any atom is -0.487 e. The Morgan fingerprint density at radius 2 is 0.610 bits per heavy atom. The molecule has 0 unspecified atom stereocenters. The molecule has 0 aliphatic carbocycles. The van der Waals surface area contributed by atoms with Crippen LogP contribution in [0, 0.1) is 0 Å². The molecule has 0 saturated heterocycles. The molecule has 2 amide bonds. The zero-order chi connectivity index (χ0) is 59.6. The molecule has 4 aromatic rings. The van der Waals surface area contributed by atoms with Crippen molar-refractivity contribution in [2.24, 2.45) is 0 Å². The van der Waals surface area contributed by atoms with Gasteiger partial charge in [0.1, 0.15) is 78.3 Å². The lowest BCUT2D eigenvalue weighted by molar-refractivity contribution is -0.356. The quantitative estimate of drug-likeness (QED) is 0.104. The van der Waals surface area contributed by atoms with E-state index in [0.29, 0.717) is 0 Å². The van der Waals surface area contributed by atoms with E-state index in [0.717, 1.165) is 0 Å². The van der Waals surface area contributed by atoms with Gasteiger partial charge in [-0.05, 0) is 48.5 Å². The molecule has 2 heterocycles. The van der Waals surface area contributed by atoms with Gasteiger partial charge >= 0.3 is 36.0 Å². The van der Waals surface area contributed by atoms with Crippen molar-refractivity contribution in [3.63, 3.8) is 0 Å². The van der Waals surface area contributed by atoms with Gasteiger partial charge in [-0.2, -0.15) is 61.5 Å². The van der Waals surface area contributed by atoms with Crippen LogP contribution in [0.5, 0.6) is 46.0 Å². The van der Waals surface area contributed by atoms with Crippen molar-refractivity contribution in [3.05, 3.63) is 97.1 Å². The van der Waals surface area contributed by atoms with Gasteiger partial charge in [0.05, 0.1) is 39.5 Å². The number of carbonyl (C=O) groups excluding carboxylic acids is 2. The number of halogens is 14. The fourth-order valence-corrected chi connectivity index (χ4v) is 7.30. The smallest absolute Gasteiger partial charge is 0.459 e. The van der Waals surface area contributed by atoms with Crippen LogP contribution in [0.3, 0.4) is 0 Å². The Bertz CT molecular complexity index is 2360. The standard InChI is InChI=1S/C52H54F14N2O14/c53-47(54,49(57,58)51(61,62)63)33-67(45(69)31-77-35-27-79-41-13-5-1-9-37(41)73-23-19-71-20-24-74-38-10-2-6-14-42(38)80-28-35)17-18-68(34-48(55,56)50(59,60)52(64,65)66)46(70)32-78-36-29-81-43-15-7-3-11-39(43)75-25-21-72-22-26-76-40-12-4-8-16-44(40)82-30-36/h1-16,35-36H,17-34H2. The van der Waals surface area contributed by atoms with Crippen LogP contribution < -0.4 is 37.9 Å². The topological polar surface area (TPSA) is 151 Å². The van der Waals surface area contributed by atoms with E-state index >= 15 is 17.6 Å². The average molecular weight is 1200 g/mol. The van der Waals surface area contributed by atoms with Gasteiger partial charge in [-0.25, -0.2) is 0 Å². The van der Waals surface area contributed by atoms with Crippen molar-refractivity contribution in [3.8, 4) is 46.0 Å². The largest absolute Gasteiger partial charge is 0.487 e. The van der Waals surface area contributed by atoms with Gasteiger partial charge in [0.15, 0.2) is 46.0 Å². The summed E-state index contributed by atoms with van der Waals surface area (Å²) in [6.07, 6.45) is -17.0. The second kappa shape index (κ2) is 28.9. The van der Waals surface area contributed by atoms with Gasteiger partial charge in [-0.15, -0.1) is 0 Å². The first-order chi connectivity index (χ1) is 38.8. The van der Waals surface area contributed by atoms with E-state index in [1.807, 2.05) is 0 Å². The molecule has 16 nitrogen and oxygen atoms in total. The second-order valence-corrected chi connectivity index (χ2v) is 17.7. The lowest BCUT2D eigenvalue weighted by Gasteiger charge is -2.36. The Kier molecular flexibility index (Phi) is 22.6. The summed E-state index contributed by atoms with van der Waals surface area (Å²) in [5.74, 6) is -29.5. The fraction of sp³-hybridized carbons (Fsp3) is 0.500. The van der Waals surface area contributed by atoms with Crippen LogP contribution in [-0.2, 0) is 28.5 Å². The number of alkyl halides is 14. The van der Waals surface area contributed by atoms with E-state index in [-0.39, 0.29) is 98.9 Å². The van der Waals surface area contributed by atoms with Crippen molar-refractivity contribution in [1.82, 2.24) is 9.80 Å². The summed E-state index contributed by atoms with van der Waals surface area (Å²) in [4.78, 5) is 26.7. The molecule has 0 radical (unpaired) electrons. The van der Waals surface area contributed by atoms with Crippen LogP contribution in [0.25, 0.3) is 0 Å². The van der Waals surface area contributed by atoms with Crippen molar-refractivity contribution in [2.75, 3.05) is 119 Å². The minimum atomic E-state index is -7.00. The maximum absolute atomic E-state index is 15.3. The molecular weight excluding hydrogens is 1140 g/mol. The number of para-hydroxylation sites is 8. The van der Waals surface area contributed by atoms with Gasteiger partial charge in [-0.3, -0.25) is 9.59 Å². The molecule has 30 heteroatoms. The first kappa shape index (κ1) is 64.3. The zero-order valence-corrected chi connectivity index (χ0v) is 43.0. The third-order valence-electron chi connectivity index (χ3n) is 11.7. The average Bonchev–Trinajstić information content (AvgIpc) is 2.97. The summed E-state index contributed by atoms with van der Waals surface area (Å²) in [5, 5.41) is 0. The van der Waals surface area contributed by atoms with E-state index in [1.54, 1.807) is 24.3 Å². The highest BCUT2D eigenvalue weighted by Gasteiger charge is 2.74. The molecule has 82 heavy (non-hydrogen) atoms. The number of fused-ring (bicyclic) bond motifs is 4. The molecule has 0 saturated carbocycles. The fourth-order valence-electron chi connectivity index (χ4n) is 7.30. The summed E-state index contributed by atoms with van der Waals surface area (Å²) < 4.78 is 268. The second-order valence-electron chi connectivity index (χ2n) is 17.7. The van der Waals surface area contributed by atoms with Gasteiger partial charge in [0, 0.05) is 13.1 Å².